The first-order valence-electron chi connectivity index (χ1n) is 6.67. The molecule has 0 saturated heterocycles. The standard InChI is InChI=1S/C17H14N2O3/c18-11-15(17(21)19-12-14-7-4-10-22-14)16(20)9-8-13-5-2-1-3-6-13/h1-10,15H,12H2,(H,19,21)/b9-8+/t15-/m1/s1. The van der Waals surface area contributed by atoms with E-state index in [1.807, 2.05) is 30.3 Å². The summed E-state index contributed by atoms with van der Waals surface area (Å²) in [6.45, 7) is 0.139. The van der Waals surface area contributed by atoms with Crippen molar-refractivity contribution >= 4 is 17.8 Å². The molecule has 5 heteroatoms. The Hall–Kier alpha value is -3.13. The van der Waals surface area contributed by atoms with Crippen molar-refractivity contribution in [2.24, 2.45) is 5.92 Å². The van der Waals surface area contributed by atoms with Crippen molar-refractivity contribution in [1.82, 2.24) is 5.32 Å². The number of allylic oxidation sites excluding steroid dienone is 1. The first-order chi connectivity index (χ1) is 10.7. The van der Waals surface area contributed by atoms with Gasteiger partial charge in [0.25, 0.3) is 0 Å². The van der Waals surface area contributed by atoms with E-state index in [2.05, 4.69) is 5.32 Å². The molecule has 1 aromatic heterocycles. The Morgan fingerprint density at radius 1 is 1.23 bits per heavy atom. The van der Waals surface area contributed by atoms with E-state index < -0.39 is 17.6 Å². The van der Waals surface area contributed by atoms with E-state index in [4.69, 9.17) is 9.68 Å². The van der Waals surface area contributed by atoms with Crippen molar-refractivity contribution in [2.75, 3.05) is 0 Å². The molecule has 22 heavy (non-hydrogen) atoms. The maximum Gasteiger partial charge on any atom is 0.245 e. The van der Waals surface area contributed by atoms with Crippen LogP contribution in [-0.2, 0) is 16.1 Å². The normalized spacial score (nSPS) is 11.8. The Morgan fingerprint density at radius 2 is 2.00 bits per heavy atom. The minimum atomic E-state index is -1.37. The molecule has 0 unspecified atom stereocenters. The van der Waals surface area contributed by atoms with Gasteiger partial charge in [0.05, 0.1) is 18.9 Å². The SMILES string of the molecule is N#C[C@H](C(=O)/C=C/c1ccccc1)C(=O)NCc1ccco1. The summed E-state index contributed by atoms with van der Waals surface area (Å²) in [7, 11) is 0. The first-order valence-corrected chi connectivity index (χ1v) is 6.67. The van der Waals surface area contributed by atoms with Crippen molar-refractivity contribution in [3.8, 4) is 6.07 Å². The van der Waals surface area contributed by atoms with Crippen LogP contribution in [0.5, 0.6) is 0 Å². The van der Waals surface area contributed by atoms with Crippen molar-refractivity contribution < 1.29 is 14.0 Å². The lowest BCUT2D eigenvalue weighted by molar-refractivity contribution is -0.129. The molecule has 2 rings (SSSR count). The van der Waals surface area contributed by atoms with Crippen LogP contribution in [0.2, 0.25) is 0 Å². The van der Waals surface area contributed by atoms with E-state index >= 15 is 0 Å². The number of amides is 1. The van der Waals surface area contributed by atoms with Gasteiger partial charge in [0.15, 0.2) is 11.7 Å². The second-order valence-corrected chi connectivity index (χ2v) is 4.51. The largest absolute Gasteiger partial charge is 0.467 e. The Balaban J connectivity index is 1.95. The summed E-state index contributed by atoms with van der Waals surface area (Å²) in [6.07, 6.45) is 4.30. The number of rotatable bonds is 6. The van der Waals surface area contributed by atoms with E-state index in [-0.39, 0.29) is 6.54 Å². The zero-order valence-corrected chi connectivity index (χ0v) is 11.7. The van der Waals surface area contributed by atoms with Gasteiger partial charge in [0.2, 0.25) is 5.91 Å². The van der Waals surface area contributed by atoms with Gasteiger partial charge in [0.1, 0.15) is 5.76 Å². The van der Waals surface area contributed by atoms with E-state index in [1.165, 1.54) is 12.3 Å². The van der Waals surface area contributed by atoms with Crippen molar-refractivity contribution in [2.45, 2.75) is 6.54 Å². The minimum Gasteiger partial charge on any atom is -0.467 e. The van der Waals surface area contributed by atoms with Gasteiger partial charge in [-0.1, -0.05) is 36.4 Å². The lowest BCUT2D eigenvalue weighted by Gasteiger charge is -2.06. The minimum absolute atomic E-state index is 0.139. The molecule has 1 heterocycles. The fourth-order valence-electron chi connectivity index (χ4n) is 1.78. The Labute approximate surface area is 127 Å². The molecule has 1 aromatic carbocycles. The predicted octanol–water partition coefficient (Wildman–Crippen LogP) is 2.32. The Bertz CT molecular complexity index is 697. The van der Waals surface area contributed by atoms with Gasteiger partial charge in [-0.05, 0) is 23.8 Å². The van der Waals surface area contributed by atoms with Crippen LogP contribution in [0.3, 0.4) is 0 Å². The third-order valence-corrected chi connectivity index (χ3v) is 2.93. The highest BCUT2D eigenvalue weighted by molar-refractivity contribution is 6.10. The van der Waals surface area contributed by atoms with Crippen LogP contribution < -0.4 is 5.32 Å². The molecule has 1 amide bonds. The molecule has 0 aliphatic carbocycles. The van der Waals surface area contributed by atoms with E-state index in [0.29, 0.717) is 5.76 Å². The summed E-state index contributed by atoms with van der Waals surface area (Å²) in [4.78, 5) is 23.8. The molecule has 0 bridgehead atoms. The molecule has 110 valence electrons. The number of hydrogen-bond donors (Lipinski definition) is 1. The second kappa shape index (κ2) is 7.60. The van der Waals surface area contributed by atoms with Gasteiger partial charge in [0, 0.05) is 0 Å². The fourth-order valence-corrected chi connectivity index (χ4v) is 1.78. The van der Waals surface area contributed by atoms with Crippen molar-refractivity contribution in [3.05, 3.63) is 66.1 Å². The number of benzene rings is 1. The van der Waals surface area contributed by atoms with Crippen LogP contribution in [0.25, 0.3) is 6.08 Å². The zero-order valence-electron chi connectivity index (χ0n) is 11.7. The number of nitrogens with zero attached hydrogens (tertiary/aromatic N) is 1. The molecule has 0 saturated carbocycles. The van der Waals surface area contributed by atoms with E-state index in [0.717, 1.165) is 5.56 Å². The Kier molecular flexibility index (Phi) is 5.27. The lowest BCUT2D eigenvalue weighted by Crippen LogP contribution is -2.33. The summed E-state index contributed by atoms with van der Waals surface area (Å²) < 4.78 is 5.07. The average Bonchev–Trinajstić information content (AvgIpc) is 3.06. The molecule has 0 radical (unpaired) electrons. The summed E-state index contributed by atoms with van der Waals surface area (Å²) >= 11 is 0. The maximum atomic E-state index is 12.0. The number of nitriles is 1. The highest BCUT2D eigenvalue weighted by atomic mass is 16.3. The summed E-state index contributed by atoms with van der Waals surface area (Å²) in [5.41, 5.74) is 0.823. The molecule has 0 aliphatic heterocycles. The van der Waals surface area contributed by atoms with Gasteiger partial charge < -0.3 is 9.73 Å². The number of furan rings is 1. The molecule has 0 spiro atoms. The zero-order chi connectivity index (χ0) is 15.8. The topological polar surface area (TPSA) is 83.1 Å². The number of hydrogen-bond acceptors (Lipinski definition) is 4. The van der Waals surface area contributed by atoms with E-state index in [9.17, 15) is 9.59 Å². The second-order valence-electron chi connectivity index (χ2n) is 4.51. The van der Waals surface area contributed by atoms with Crippen LogP contribution in [0.1, 0.15) is 11.3 Å². The van der Waals surface area contributed by atoms with Crippen LogP contribution in [0, 0.1) is 17.2 Å². The molecule has 5 nitrogen and oxygen atoms in total. The number of ketones is 1. The molecule has 1 N–H and O–H groups in total. The lowest BCUT2D eigenvalue weighted by atomic mass is 10.0. The van der Waals surface area contributed by atoms with Gasteiger partial charge in [-0.25, -0.2) is 0 Å². The summed E-state index contributed by atoms with van der Waals surface area (Å²) in [6, 6.07) is 14.3. The van der Waals surface area contributed by atoms with Gasteiger partial charge in [-0.15, -0.1) is 0 Å². The summed E-state index contributed by atoms with van der Waals surface area (Å²) in [5.74, 6) is -2.00. The summed E-state index contributed by atoms with van der Waals surface area (Å²) in [5, 5.41) is 11.5. The molecular weight excluding hydrogens is 280 g/mol. The molecule has 2 aromatic rings. The third kappa shape index (κ3) is 4.18. The van der Waals surface area contributed by atoms with Crippen molar-refractivity contribution in [3.63, 3.8) is 0 Å². The number of nitrogens with one attached hydrogen (secondary N) is 1. The maximum absolute atomic E-state index is 12.0. The van der Waals surface area contributed by atoms with Crippen LogP contribution in [-0.4, -0.2) is 11.7 Å². The fraction of sp³-hybridized carbons (Fsp3) is 0.118. The van der Waals surface area contributed by atoms with Gasteiger partial charge in [-0.2, -0.15) is 5.26 Å². The smallest absolute Gasteiger partial charge is 0.245 e. The number of carbonyl (C=O) groups is 2. The number of carbonyl (C=O) groups excluding carboxylic acids is 2. The van der Waals surface area contributed by atoms with Gasteiger partial charge >= 0.3 is 0 Å². The highest BCUT2D eigenvalue weighted by Gasteiger charge is 2.24. The average molecular weight is 294 g/mol. The molecule has 0 fully saturated rings. The third-order valence-electron chi connectivity index (χ3n) is 2.93. The van der Waals surface area contributed by atoms with Crippen LogP contribution in [0.15, 0.2) is 59.2 Å². The molecule has 1 atom stereocenters. The van der Waals surface area contributed by atoms with Crippen LogP contribution >= 0.6 is 0 Å². The molecule has 0 aliphatic rings. The van der Waals surface area contributed by atoms with E-state index in [1.54, 1.807) is 24.3 Å². The Morgan fingerprint density at radius 3 is 2.64 bits per heavy atom. The monoisotopic (exact) mass is 294 g/mol. The highest BCUT2D eigenvalue weighted by Crippen LogP contribution is 2.06. The molecular formula is C17H14N2O3. The van der Waals surface area contributed by atoms with Crippen molar-refractivity contribution in [1.29, 1.82) is 5.26 Å². The van der Waals surface area contributed by atoms with Gasteiger partial charge in [-0.3, -0.25) is 9.59 Å². The van der Waals surface area contributed by atoms with Crippen LogP contribution in [0.4, 0.5) is 0 Å². The predicted molar refractivity (Wildman–Crippen MR) is 80.1 cm³/mol. The quantitative estimate of drug-likeness (QED) is 0.654. The first kappa shape index (κ1) is 15.3.